The Labute approximate surface area is 282 Å². The maximum atomic E-state index is 5.41. The van der Waals surface area contributed by atoms with Gasteiger partial charge in [0, 0.05) is 37.6 Å². The molecule has 4 heteroatoms. The molecule has 0 atom stereocenters. The van der Waals surface area contributed by atoms with Gasteiger partial charge in [0.25, 0.3) is 0 Å². The second-order valence-electron chi connectivity index (χ2n) is 10.9. The number of thiazole rings is 1. The van der Waals surface area contributed by atoms with Gasteiger partial charge in [-0.2, -0.15) is 0 Å². The SMILES string of the molecule is Cc1sc(-c2ccccc2)c(C)c1-c1sc(-c2ccccc2)nc1-c1c(C#Cc2ccccc2)sc(C#Cc2ccccc2)c1C. The van der Waals surface area contributed by atoms with Gasteiger partial charge in [0.1, 0.15) is 5.01 Å². The van der Waals surface area contributed by atoms with Gasteiger partial charge in [-0.3, -0.25) is 0 Å². The Morgan fingerprint density at radius 2 is 0.978 bits per heavy atom. The fourth-order valence-electron chi connectivity index (χ4n) is 5.52. The monoisotopic (exact) mass is 643 g/mol. The Morgan fingerprint density at radius 3 is 1.57 bits per heavy atom. The summed E-state index contributed by atoms with van der Waals surface area (Å²) in [5.41, 5.74) is 10.1. The number of hydrogen-bond donors (Lipinski definition) is 0. The minimum Gasteiger partial charge on any atom is -0.235 e. The minimum absolute atomic E-state index is 0.978. The molecule has 0 bridgehead atoms. The smallest absolute Gasteiger partial charge is 0.124 e. The van der Waals surface area contributed by atoms with E-state index in [0.29, 0.717) is 0 Å². The fraction of sp³-hybridized carbons (Fsp3) is 0.0714. The van der Waals surface area contributed by atoms with Gasteiger partial charge in [-0.15, -0.1) is 34.0 Å². The Balaban J connectivity index is 1.47. The number of benzene rings is 4. The van der Waals surface area contributed by atoms with E-state index in [9.17, 15) is 0 Å². The summed E-state index contributed by atoms with van der Waals surface area (Å²) in [4.78, 5) is 11.2. The summed E-state index contributed by atoms with van der Waals surface area (Å²) in [6.45, 7) is 6.65. The van der Waals surface area contributed by atoms with E-state index < -0.39 is 0 Å². The molecule has 1 nitrogen and oxygen atoms in total. The maximum absolute atomic E-state index is 5.41. The van der Waals surface area contributed by atoms with Crippen LogP contribution in [0.15, 0.2) is 121 Å². The highest BCUT2D eigenvalue weighted by Gasteiger charge is 2.27. The molecular formula is C42H29NS3. The zero-order valence-corrected chi connectivity index (χ0v) is 28.2. The van der Waals surface area contributed by atoms with Crippen molar-refractivity contribution in [2.45, 2.75) is 20.8 Å². The van der Waals surface area contributed by atoms with Crippen molar-refractivity contribution in [3.05, 3.63) is 158 Å². The van der Waals surface area contributed by atoms with Crippen LogP contribution in [0.2, 0.25) is 0 Å². The van der Waals surface area contributed by atoms with Crippen molar-refractivity contribution in [1.29, 1.82) is 0 Å². The van der Waals surface area contributed by atoms with Gasteiger partial charge in [0.15, 0.2) is 0 Å². The molecule has 0 saturated carbocycles. The predicted molar refractivity (Wildman–Crippen MR) is 199 cm³/mol. The lowest BCUT2D eigenvalue weighted by atomic mass is 9.99. The Morgan fingerprint density at radius 1 is 0.457 bits per heavy atom. The third-order valence-corrected chi connectivity index (χ3v) is 11.3. The van der Waals surface area contributed by atoms with Crippen LogP contribution < -0.4 is 0 Å². The molecule has 3 heterocycles. The van der Waals surface area contributed by atoms with Crippen LogP contribution in [-0.2, 0) is 0 Å². The van der Waals surface area contributed by atoms with Gasteiger partial charge in [0.05, 0.1) is 20.3 Å². The first kappa shape index (κ1) is 29.7. The number of aryl methyl sites for hydroxylation is 1. The number of hydrogen-bond acceptors (Lipinski definition) is 4. The van der Waals surface area contributed by atoms with Gasteiger partial charge in [0.2, 0.25) is 0 Å². The Hall–Kier alpha value is -4.97. The number of rotatable bonds is 4. The van der Waals surface area contributed by atoms with Crippen LogP contribution in [0.4, 0.5) is 0 Å². The Kier molecular flexibility index (Phi) is 8.51. The Bertz CT molecular complexity index is 2270. The third-order valence-electron chi connectivity index (χ3n) is 7.81. The molecule has 7 aromatic rings. The van der Waals surface area contributed by atoms with Crippen molar-refractivity contribution in [2.75, 3.05) is 0 Å². The molecule has 0 spiro atoms. The first-order valence-corrected chi connectivity index (χ1v) is 17.5. The van der Waals surface area contributed by atoms with E-state index in [2.05, 4.69) is 105 Å². The highest BCUT2D eigenvalue weighted by Crippen LogP contribution is 2.50. The molecule has 4 aromatic carbocycles. The number of nitrogens with zero attached hydrogens (tertiary/aromatic N) is 1. The third kappa shape index (κ3) is 6.00. The second kappa shape index (κ2) is 13.2. The molecule has 0 amide bonds. The summed E-state index contributed by atoms with van der Waals surface area (Å²) in [6.07, 6.45) is 0. The van der Waals surface area contributed by atoms with E-state index in [4.69, 9.17) is 4.98 Å². The zero-order chi connectivity index (χ0) is 31.5. The normalized spacial score (nSPS) is 10.6. The molecule has 7 rings (SSSR count). The standard InChI is InChI=1S/C42H29NS3/c1-28-35(26-24-31-16-8-4-9-17-31)45-36(27-25-32-18-10-5-11-19-32)38(28)39-41(46-42(43-39)34-22-14-7-15-23-34)37-29(2)40(44-30(37)3)33-20-12-6-13-21-33/h4-23H,1-3H3. The lowest BCUT2D eigenvalue weighted by molar-refractivity contribution is 1.37. The van der Waals surface area contributed by atoms with Gasteiger partial charge in [-0.25, -0.2) is 4.98 Å². The average molecular weight is 644 g/mol. The molecule has 3 aromatic heterocycles. The van der Waals surface area contributed by atoms with Crippen molar-refractivity contribution in [3.8, 4) is 66.4 Å². The first-order valence-electron chi connectivity index (χ1n) is 15.1. The molecule has 220 valence electrons. The summed E-state index contributed by atoms with van der Waals surface area (Å²) in [7, 11) is 0. The largest absolute Gasteiger partial charge is 0.235 e. The summed E-state index contributed by atoms with van der Waals surface area (Å²) in [5, 5.41) is 1.00. The quantitative estimate of drug-likeness (QED) is 0.174. The van der Waals surface area contributed by atoms with Crippen LogP contribution in [0.3, 0.4) is 0 Å². The number of thiophene rings is 2. The van der Waals surface area contributed by atoms with Crippen LogP contribution in [0.25, 0.3) is 42.7 Å². The lowest BCUT2D eigenvalue weighted by Gasteiger charge is -2.06. The van der Waals surface area contributed by atoms with E-state index in [1.165, 1.54) is 31.3 Å². The fourth-order valence-corrected chi connectivity index (χ4v) is 9.01. The summed E-state index contributed by atoms with van der Waals surface area (Å²) in [6, 6.07) is 41.5. The van der Waals surface area contributed by atoms with E-state index in [-0.39, 0.29) is 0 Å². The second-order valence-corrected chi connectivity index (χ2v) is 14.2. The first-order chi connectivity index (χ1) is 22.6. The molecule has 0 aliphatic carbocycles. The van der Waals surface area contributed by atoms with Crippen molar-refractivity contribution in [2.24, 2.45) is 0 Å². The highest BCUT2D eigenvalue weighted by molar-refractivity contribution is 7.20. The van der Waals surface area contributed by atoms with E-state index >= 15 is 0 Å². The van der Waals surface area contributed by atoms with Crippen LogP contribution in [0.5, 0.6) is 0 Å². The van der Waals surface area contributed by atoms with Gasteiger partial charge in [-0.05, 0) is 67.6 Å². The molecular weight excluding hydrogens is 615 g/mol. The van der Waals surface area contributed by atoms with Crippen LogP contribution >= 0.6 is 34.0 Å². The van der Waals surface area contributed by atoms with E-state index in [1.54, 1.807) is 22.7 Å². The molecule has 0 aliphatic heterocycles. The molecule has 46 heavy (non-hydrogen) atoms. The number of aromatic nitrogens is 1. The van der Waals surface area contributed by atoms with Crippen molar-refractivity contribution < 1.29 is 0 Å². The van der Waals surface area contributed by atoms with E-state index in [1.807, 2.05) is 72.0 Å². The molecule has 0 radical (unpaired) electrons. The molecule has 0 saturated heterocycles. The minimum atomic E-state index is 0.978. The van der Waals surface area contributed by atoms with Crippen LogP contribution in [-0.4, -0.2) is 4.98 Å². The van der Waals surface area contributed by atoms with Gasteiger partial charge < -0.3 is 0 Å². The average Bonchev–Trinajstić information content (AvgIpc) is 3.76. The predicted octanol–water partition coefficient (Wildman–Crippen LogP) is 11.7. The molecule has 0 fully saturated rings. The zero-order valence-electron chi connectivity index (χ0n) is 25.7. The van der Waals surface area contributed by atoms with Crippen LogP contribution in [0, 0.1) is 44.5 Å². The highest BCUT2D eigenvalue weighted by atomic mass is 32.1. The summed E-state index contributed by atoms with van der Waals surface area (Å²) < 4.78 is 0. The molecule has 0 N–H and O–H groups in total. The van der Waals surface area contributed by atoms with E-state index in [0.717, 1.165) is 48.3 Å². The molecule has 0 aliphatic rings. The van der Waals surface area contributed by atoms with Gasteiger partial charge in [-0.1, -0.05) is 115 Å². The van der Waals surface area contributed by atoms with Crippen molar-refractivity contribution in [1.82, 2.24) is 4.98 Å². The van der Waals surface area contributed by atoms with Crippen LogP contribution in [0.1, 0.15) is 36.9 Å². The summed E-state index contributed by atoms with van der Waals surface area (Å²) in [5.74, 6) is 13.8. The molecule has 0 unspecified atom stereocenters. The van der Waals surface area contributed by atoms with Gasteiger partial charge >= 0.3 is 0 Å². The summed E-state index contributed by atoms with van der Waals surface area (Å²) >= 11 is 5.28. The van der Waals surface area contributed by atoms with Crippen molar-refractivity contribution in [3.63, 3.8) is 0 Å². The topological polar surface area (TPSA) is 12.9 Å². The van der Waals surface area contributed by atoms with Crippen molar-refractivity contribution >= 4 is 34.0 Å². The maximum Gasteiger partial charge on any atom is 0.124 e. The lowest BCUT2D eigenvalue weighted by Crippen LogP contribution is -1.89.